The van der Waals surface area contributed by atoms with E-state index in [2.05, 4.69) is 38.4 Å². The zero-order valence-corrected chi connectivity index (χ0v) is 22.5. The van der Waals surface area contributed by atoms with Crippen LogP contribution in [-0.2, 0) is 9.53 Å². The number of amides is 1. The molecule has 0 radical (unpaired) electrons. The minimum atomic E-state index is -0.433. The quantitative estimate of drug-likeness (QED) is 0.417. The summed E-state index contributed by atoms with van der Waals surface area (Å²) < 4.78 is 11.4. The molecular formula is C30H34N6O4. The van der Waals surface area contributed by atoms with Gasteiger partial charge in [-0.25, -0.2) is 9.97 Å². The van der Waals surface area contributed by atoms with Crippen LogP contribution in [0, 0.1) is 17.2 Å². The van der Waals surface area contributed by atoms with Crippen molar-refractivity contribution in [2.24, 2.45) is 5.92 Å². The number of piperidine rings is 1. The summed E-state index contributed by atoms with van der Waals surface area (Å²) in [5, 5.41) is 22.1. The van der Waals surface area contributed by atoms with Gasteiger partial charge in [-0.3, -0.25) is 4.79 Å². The van der Waals surface area contributed by atoms with Crippen molar-refractivity contribution in [2.45, 2.75) is 19.3 Å². The molecule has 10 heteroatoms. The molecule has 2 fully saturated rings. The first-order chi connectivity index (χ1) is 19.6. The Morgan fingerprint density at radius 3 is 2.60 bits per heavy atom. The number of aromatic nitrogens is 2. The van der Waals surface area contributed by atoms with E-state index in [4.69, 9.17) is 14.6 Å². The van der Waals surface area contributed by atoms with Crippen LogP contribution in [0.4, 0.5) is 17.3 Å². The van der Waals surface area contributed by atoms with Crippen LogP contribution < -0.4 is 15.0 Å². The van der Waals surface area contributed by atoms with Crippen molar-refractivity contribution in [2.75, 3.05) is 62.8 Å². The van der Waals surface area contributed by atoms with Gasteiger partial charge in [0.15, 0.2) is 0 Å². The molecule has 208 valence electrons. The van der Waals surface area contributed by atoms with Crippen LogP contribution in [0.15, 0.2) is 54.7 Å². The van der Waals surface area contributed by atoms with Gasteiger partial charge < -0.3 is 29.7 Å². The van der Waals surface area contributed by atoms with E-state index < -0.39 is 6.61 Å². The average Bonchev–Trinajstić information content (AvgIpc) is 3.02. The van der Waals surface area contributed by atoms with Crippen molar-refractivity contribution in [3.63, 3.8) is 0 Å². The maximum absolute atomic E-state index is 11.6. The van der Waals surface area contributed by atoms with Gasteiger partial charge in [0.25, 0.3) is 0 Å². The maximum atomic E-state index is 11.6. The summed E-state index contributed by atoms with van der Waals surface area (Å²) in [6.45, 7) is 4.67. The summed E-state index contributed by atoms with van der Waals surface area (Å²) in [5.74, 6) is 1.27. The number of aliphatic hydroxyl groups excluding tert-OH is 1. The molecule has 1 amide bonds. The van der Waals surface area contributed by atoms with Gasteiger partial charge in [0.1, 0.15) is 18.4 Å². The topological polar surface area (TPSA) is 124 Å². The van der Waals surface area contributed by atoms with Gasteiger partial charge in [0.2, 0.25) is 11.9 Å². The van der Waals surface area contributed by atoms with Gasteiger partial charge in [-0.1, -0.05) is 0 Å². The van der Waals surface area contributed by atoms with E-state index in [0.717, 1.165) is 62.5 Å². The number of aliphatic hydroxyl groups is 1. The number of ether oxygens (including phenoxy) is 2. The number of nitrogens with one attached hydrogen (secondary N) is 1. The van der Waals surface area contributed by atoms with Gasteiger partial charge in [-0.05, 0) is 73.7 Å². The molecule has 2 aliphatic rings. The Hall–Kier alpha value is -4.20. The lowest BCUT2D eigenvalue weighted by Crippen LogP contribution is -2.40. The van der Waals surface area contributed by atoms with E-state index in [1.807, 2.05) is 30.3 Å². The van der Waals surface area contributed by atoms with E-state index in [0.29, 0.717) is 48.6 Å². The van der Waals surface area contributed by atoms with Crippen LogP contribution in [0.3, 0.4) is 0 Å². The van der Waals surface area contributed by atoms with Gasteiger partial charge in [0, 0.05) is 49.3 Å². The highest BCUT2D eigenvalue weighted by Gasteiger charge is 2.22. The minimum Gasteiger partial charge on any atom is -0.492 e. The lowest BCUT2D eigenvalue weighted by Gasteiger charge is -2.31. The largest absolute Gasteiger partial charge is 0.492 e. The van der Waals surface area contributed by atoms with E-state index in [-0.39, 0.29) is 5.91 Å². The number of hydrogen-bond acceptors (Lipinski definition) is 9. The van der Waals surface area contributed by atoms with Crippen molar-refractivity contribution in [3.05, 3.63) is 60.3 Å². The predicted molar refractivity (Wildman–Crippen MR) is 151 cm³/mol. The molecule has 0 spiro atoms. The molecule has 3 aromatic rings. The molecule has 3 heterocycles. The van der Waals surface area contributed by atoms with Crippen molar-refractivity contribution in [1.29, 1.82) is 5.26 Å². The number of benzene rings is 2. The Morgan fingerprint density at radius 2 is 1.88 bits per heavy atom. The van der Waals surface area contributed by atoms with Crippen LogP contribution in [-0.4, -0.2) is 78.5 Å². The van der Waals surface area contributed by atoms with Crippen molar-refractivity contribution < 1.29 is 19.4 Å². The lowest BCUT2D eigenvalue weighted by atomic mass is 9.94. The fourth-order valence-corrected chi connectivity index (χ4v) is 5.10. The number of carbonyl (C=O) groups excluding carboxylic acids is 1. The molecule has 0 bridgehead atoms. The number of nitriles is 1. The van der Waals surface area contributed by atoms with E-state index in [1.54, 1.807) is 17.2 Å². The number of anilines is 3. The molecule has 2 N–H and O–H groups in total. The zero-order valence-electron chi connectivity index (χ0n) is 22.5. The van der Waals surface area contributed by atoms with E-state index in [9.17, 15) is 10.1 Å². The predicted octanol–water partition coefficient (Wildman–Crippen LogP) is 3.60. The molecule has 0 saturated carbocycles. The summed E-state index contributed by atoms with van der Waals surface area (Å²) in [6.07, 6.45) is 4.33. The second kappa shape index (κ2) is 13.2. The van der Waals surface area contributed by atoms with Crippen molar-refractivity contribution in [3.8, 4) is 23.1 Å². The average molecular weight is 543 g/mol. The lowest BCUT2D eigenvalue weighted by molar-refractivity contribution is -0.135. The first-order valence-electron chi connectivity index (χ1n) is 13.7. The van der Waals surface area contributed by atoms with Crippen LogP contribution in [0.5, 0.6) is 5.75 Å². The summed E-state index contributed by atoms with van der Waals surface area (Å²) in [5.41, 5.74) is 4.01. The third kappa shape index (κ3) is 6.86. The normalized spacial score (nSPS) is 15.9. The number of carbonyl (C=O) groups is 1. The number of nitrogens with zero attached hydrogens (tertiary/aromatic N) is 5. The third-order valence-electron chi connectivity index (χ3n) is 7.44. The molecule has 0 unspecified atom stereocenters. The van der Waals surface area contributed by atoms with Crippen molar-refractivity contribution in [1.82, 2.24) is 14.9 Å². The van der Waals surface area contributed by atoms with Gasteiger partial charge in [-0.2, -0.15) is 5.26 Å². The number of likely N-dealkylation sites (tertiary alicyclic amines) is 1. The third-order valence-corrected chi connectivity index (χ3v) is 7.44. The van der Waals surface area contributed by atoms with Crippen LogP contribution in [0.2, 0.25) is 0 Å². The molecule has 0 aliphatic carbocycles. The Labute approximate surface area is 234 Å². The summed E-state index contributed by atoms with van der Waals surface area (Å²) >= 11 is 0. The van der Waals surface area contributed by atoms with Crippen LogP contribution >= 0.6 is 0 Å². The second-order valence-corrected chi connectivity index (χ2v) is 9.98. The summed E-state index contributed by atoms with van der Waals surface area (Å²) in [7, 11) is 0. The second-order valence-electron chi connectivity index (χ2n) is 9.98. The molecule has 2 saturated heterocycles. The van der Waals surface area contributed by atoms with Crippen LogP contribution in [0.1, 0.15) is 24.8 Å². The first-order valence-corrected chi connectivity index (χ1v) is 13.7. The smallest absolute Gasteiger partial charge is 0.248 e. The molecular weight excluding hydrogens is 508 g/mol. The highest BCUT2D eigenvalue weighted by Crippen LogP contribution is 2.28. The Bertz CT molecular complexity index is 1330. The zero-order chi connectivity index (χ0) is 27.7. The number of hydrogen-bond donors (Lipinski definition) is 2. The molecule has 40 heavy (non-hydrogen) atoms. The molecule has 2 aromatic carbocycles. The van der Waals surface area contributed by atoms with Gasteiger partial charge >= 0.3 is 0 Å². The molecule has 1 aromatic heterocycles. The van der Waals surface area contributed by atoms with Gasteiger partial charge in [0.05, 0.1) is 31.1 Å². The Kier molecular flexibility index (Phi) is 9.06. The molecule has 5 rings (SSSR count). The summed E-state index contributed by atoms with van der Waals surface area (Å²) in [6, 6.07) is 17.8. The van der Waals surface area contributed by atoms with E-state index in [1.165, 1.54) is 0 Å². The van der Waals surface area contributed by atoms with Crippen molar-refractivity contribution >= 4 is 23.2 Å². The first kappa shape index (κ1) is 27.4. The highest BCUT2D eigenvalue weighted by atomic mass is 16.5. The Morgan fingerprint density at radius 1 is 1.10 bits per heavy atom. The summed E-state index contributed by atoms with van der Waals surface area (Å²) in [4.78, 5) is 24.7. The van der Waals surface area contributed by atoms with Crippen LogP contribution in [0.25, 0.3) is 11.3 Å². The fourth-order valence-electron chi connectivity index (χ4n) is 5.10. The Balaban J connectivity index is 1.17. The SMILES string of the molecule is N#Cc1cc(-c2ccnc(Nc3ccc(N4CCOCC4)cc3)n2)ccc1OCCC1CCN(C(=O)CO)CC1. The van der Waals surface area contributed by atoms with E-state index >= 15 is 0 Å². The maximum Gasteiger partial charge on any atom is 0.248 e. The fraction of sp³-hybridized carbons (Fsp3) is 0.400. The number of morpholine rings is 1. The monoisotopic (exact) mass is 542 g/mol. The molecule has 2 aliphatic heterocycles. The molecule has 10 nitrogen and oxygen atoms in total. The minimum absolute atomic E-state index is 0.210. The van der Waals surface area contributed by atoms with Gasteiger partial charge in [-0.15, -0.1) is 0 Å². The highest BCUT2D eigenvalue weighted by molar-refractivity contribution is 5.77. The standard InChI is InChI=1S/C30H34N6O4/c31-20-24-19-23(1-6-28(24)40-16-10-22-8-12-36(13-9-22)29(38)21-37)27-7-11-32-30(34-27)33-25-2-4-26(5-3-25)35-14-17-39-18-15-35/h1-7,11,19,22,37H,8-10,12-18,21H2,(H,32,33,34). The molecule has 0 atom stereocenters. The number of rotatable bonds is 9.